The number of hydrogen-bond acceptors (Lipinski definition) is 4. The molecule has 0 aliphatic rings. The summed E-state index contributed by atoms with van der Waals surface area (Å²) in [5.74, 6) is 1.64. The average Bonchev–Trinajstić information content (AvgIpc) is 3.00. The standard InChI is InChI=1S/C14H13ClN2O2S/c1-18-9-10-3-2-4-11(7-10)19-13-12(8-15)17-5-6-20-14(17)16-13/h2-7H,8-9H2,1H3. The van der Waals surface area contributed by atoms with Crippen LogP contribution in [0.3, 0.4) is 0 Å². The molecule has 0 saturated heterocycles. The van der Waals surface area contributed by atoms with Crippen LogP contribution in [0.15, 0.2) is 35.8 Å². The Hall–Kier alpha value is -1.56. The molecule has 3 rings (SSSR count). The summed E-state index contributed by atoms with van der Waals surface area (Å²) in [7, 11) is 1.67. The molecule has 6 heteroatoms. The molecule has 0 saturated carbocycles. The molecule has 4 nitrogen and oxygen atoms in total. The Kier molecular flexibility index (Phi) is 3.91. The van der Waals surface area contributed by atoms with Gasteiger partial charge in [0.2, 0.25) is 5.88 Å². The first-order chi connectivity index (χ1) is 9.81. The lowest BCUT2D eigenvalue weighted by Crippen LogP contribution is -1.92. The first-order valence-corrected chi connectivity index (χ1v) is 7.49. The molecule has 104 valence electrons. The molecule has 0 fully saturated rings. The summed E-state index contributed by atoms with van der Waals surface area (Å²) in [5.41, 5.74) is 1.92. The predicted molar refractivity (Wildman–Crippen MR) is 79.9 cm³/mol. The molecule has 0 bridgehead atoms. The van der Waals surface area contributed by atoms with Gasteiger partial charge in [-0.1, -0.05) is 12.1 Å². The zero-order valence-electron chi connectivity index (χ0n) is 10.9. The lowest BCUT2D eigenvalue weighted by molar-refractivity contribution is 0.184. The molecule has 2 heterocycles. The number of ether oxygens (including phenoxy) is 2. The minimum Gasteiger partial charge on any atom is -0.437 e. The van der Waals surface area contributed by atoms with Crippen molar-refractivity contribution in [2.45, 2.75) is 12.5 Å². The van der Waals surface area contributed by atoms with Crippen molar-refractivity contribution in [3.63, 3.8) is 0 Å². The van der Waals surface area contributed by atoms with Crippen LogP contribution in [-0.4, -0.2) is 16.5 Å². The molecule has 0 radical (unpaired) electrons. The predicted octanol–water partition coefficient (Wildman–Crippen LogP) is 4.07. The van der Waals surface area contributed by atoms with Gasteiger partial charge < -0.3 is 9.47 Å². The van der Waals surface area contributed by atoms with Crippen molar-refractivity contribution in [1.29, 1.82) is 0 Å². The highest BCUT2D eigenvalue weighted by Crippen LogP contribution is 2.29. The van der Waals surface area contributed by atoms with Crippen molar-refractivity contribution in [1.82, 2.24) is 9.38 Å². The third-order valence-corrected chi connectivity index (χ3v) is 3.88. The highest BCUT2D eigenvalue weighted by molar-refractivity contribution is 7.15. The Balaban J connectivity index is 1.92. The number of fused-ring (bicyclic) bond motifs is 1. The summed E-state index contributed by atoms with van der Waals surface area (Å²) in [4.78, 5) is 5.34. The number of imidazole rings is 1. The summed E-state index contributed by atoms with van der Waals surface area (Å²) in [6, 6.07) is 7.76. The molecule has 0 N–H and O–H groups in total. The third-order valence-electron chi connectivity index (χ3n) is 2.87. The van der Waals surface area contributed by atoms with Crippen LogP contribution in [0.25, 0.3) is 4.96 Å². The number of thiazole rings is 1. The first-order valence-electron chi connectivity index (χ1n) is 6.08. The lowest BCUT2D eigenvalue weighted by Gasteiger charge is -2.06. The van der Waals surface area contributed by atoms with E-state index in [1.165, 1.54) is 0 Å². The van der Waals surface area contributed by atoms with Crippen molar-refractivity contribution in [3.05, 3.63) is 47.1 Å². The number of aromatic nitrogens is 2. The molecule has 2 aromatic heterocycles. The summed E-state index contributed by atoms with van der Waals surface area (Å²) in [5, 5.41) is 1.97. The quantitative estimate of drug-likeness (QED) is 0.666. The summed E-state index contributed by atoms with van der Waals surface area (Å²) >= 11 is 7.55. The van der Waals surface area contributed by atoms with Crippen LogP contribution in [0.4, 0.5) is 0 Å². The van der Waals surface area contributed by atoms with Gasteiger partial charge in [0.25, 0.3) is 0 Å². The molecule has 1 aromatic carbocycles. The van der Waals surface area contributed by atoms with E-state index < -0.39 is 0 Å². The van der Waals surface area contributed by atoms with Crippen LogP contribution in [0.5, 0.6) is 11.6 Å². The van der Waals surface area contributed by atoms with Crippen molar-refractivity contribution >= 4 is 27.9 Å². The van der Waals surface area contributed by atoms with E-state index in [9.17, 15) is 0 Å². The lowest BCUT2D eigenvalue weighted by atomic mass is 10.2. The highest BCUT2D eigenvalue weighted by atomic mass is 35.5. The van der Waals surface area contributed by atoms with E-state index in [2.05, 4.69) is 4.98 Å². The molecular formula is C14H13ClN2O2S. The largest absolute Gasteiger partial charge is 0.437 e. The van der Waals surface area contributed by atoms with Gasteiger partial charge in [-0.2, -0.15) is 4.98 Å². The van der Waals surface area contributed by atoms with E-state index >= 15 is 0 Å². The molecule has 20 heavy (non-hydrogen) atoms. The Labute approximate surface area is 125 Å². The minimum atomic E-state index is 0.352. The summed E-state index contributed by atoms with van der Waals surface area (Å²) < 4.78 is 12.9. The van der Waals surface area contributed by atoms with E-state index in [-0.39, 0.29) is 0 Å². The smallest absolute Gasteiger partial charge is 0.243 e. The fourth-order valence-corrected chi connectivity index (χ4v) is 2.96. The fraction of sp³-hybridized carbons (Fsp3) is 0.214. The Morgan fingerprint density at radius 2 is 2.30 bits per heavy atom. The monoisotopic (exact) mass is 308 g/mol. The van der Waals surface area contributed by atoms with Crippen LogP contribution in [0, 0.1) is 0 Å². The normalized spacial score (nSPS) is 11.1. The topological polar surface area (TPSA) is 35.8 Å². The number of nitrogens with zero attached hydrogens (tertiary/aromatic N) is 2. The van der Waals surface area contributed by atoms with Crippen molar-refractivity contribution in [2.75, 3.05) is 7.11 Å². The maximum Gasteiger partial charge on any atom is 0.243 e. The Morgan fingerprint density at radius 1 is 1.40 bits per heavy atom. The van der Waals surface area contributed by atoms with Gasteiger partial charge in [0.1, 0.15) is 11.4 Å². The van der Waals surface area contributed by atoms with Crippen LogP contribution < -0.4 is 4.74 Å². The van der Waals surface area contributed by atoms with Crippen molar-refractivity contribution < 1.29 is 9.47 Å². The van der Waals surface area contributed by atoms with Gasteiger partial charge in [0.05, 0.1) is 12.5 Å². The number of rotatable bonds is 5. The van der Waals surface area contributed by atoms with Crippen LogP contribution in [-0.2, 0) is 17.2 Å². The zero-order valence-corrected chi connectivity index (χ0v) is 12.4. The number of benzene rings is 1. The van der Waals surface area contributed by atoms with E-state index in [1.54, 1.807) is 18.4 Å². The molecule has 0 aliphatic carbocycles. The number of halogens is 1. The van der Waals surface area contributed by atoms with Gasteiger partial charge in [0, 0.05) is 18.7 Å². The molecule has 3 aromatic rings. The van der Waals surface area contributed by atoms with Crippen LogP contribution in [0.1, 0.15) is 11.3 Å². The van der Waals surface area contributed by atoms with Crippen LogP contribution in [0.2, 0.25) is 0 Å². The Morgan fingerprint density at radius 3 is 3.10 bits per heavy atom. The van der Waals surface area contributed by atoms with Crippen LogP contribution >= 0.6 is 22.9 Å². The van der Waals surface area contributed by atoms with Gasteiger partial charge in [-0.15, -0.1) is 22.9 Å². The number of alkyl halides is 1. The minimum absolute atomic E-state index is 0.352. The van der Waals surface area contributed by atoms with E-state index in [0.29, 0.717) is 18.4 Å². The fourth-order valence-electron chi connectivity index (χ4n) is 1.99. The van der Waals surface area contributed by atoms with E-state index in [1.807, 2.05) is 40.2 Å². The van der Waals surface area contributed by atoms with E-state index in [4.69, 9.17) is 21.1 Å². The second-order valence-electron chi connectivity index (χ2n) is 4.24. The van der Waals surface area contributed by atoms with Gasteiger partial charge in [-0.05, 0) is 17.7 Å². The second kappa shape index (κ2) is 5.83. The van der Waals surface area contributed by atoms with Crippen molar-refractivity contribution in [3.8, 4) is 11.6 Å². The number of hydrogen-bond donors (Lipinski definition) is 0. The maximum atomic E-state index is 6.00. The highest BCUT2D eigenvalue weighted by Gasteiger charge is 2.14. The van der Waals surface area contributed by atoms with Gasteiger partial charge >= 0.3 is 0 Å². The Bertz CT molecular complexity index is 723. The molecule has 0 aliphatic heterocycles. The van der Waals surface area contributed by atoms with Gasteiger partial charge in [0.15, 0.2) is 4.96 Å². The first kappa shape index (κ1) is 13.4. The van der Waals surface area contributed by atoms with Gasteiger partial charge in [-0.3, -0.25) is 4.40 Å². The van der Waals surface area contributed by atoms with Crippen molar-refractivity contribution in [2.24, 2.45) is 0 Å². The molecular weight excluding hydrogens is 296 g/mol. The summed E-state index contributed by atoms with van der Waals surface area (Å²) in [6.07, 6.45) is 1.94. The third kappa shape index (κ3) is 2.52. The zero-order chi connectivity index (χ0) is 13.9. The average molecular weight is 309 g/mol. The maximum absolute atomic E-state index is 6.00. The molecule has 0 unspecified atom stereocenters. The number of methoxy groups -OCH3 is 1. The van der Waals surface area contributed by atoms with Gasteiger partial charge in [-0.25, -0.2) is 0 Å². The van der Waals surface area contributed by atoms with E-state index in [0.717, 1.165) is 22.0 Å². The molecule has 0 atom stereocenters. The SMILES string of the molecule is COCc1cccc(Oc2nc3sccn3c2CCl)c1. The molecule has 0 amide bonds. The molecule has 0 spiro atoms. The second-order valence-corrected chi connectivity index (χ2v) is 5.38. The summed E-state index contributed by atoms with van der Waals surface area (Å²) in [6.45, 7) is 0.553.